The molecule has 0 atom stereocenters. The molecule has 0 aliphatic heterocycles. The van der Waals surface area contributed by atoms with Gasteiger partial charge in [-0.1, -0.05) is 6.07 Å². The maximum Gasteiger partial charge on any atom is 0.132 e. The molecule has 0 saturated heterocycles. The van der Waals surface area contributed by atoms with E-state index in [0.29, 0.717) is 6.42 Å². The van der Waals surface area contributed by atoms with Gasteiger partial charge in [-0.25, -0.2) is 4.98 Å². The first-order valence-corrected chi connectivity index (χ1v) is 3.80. The fourth-order valence-electron chi connectivity index (χ4n) is 1.08. The lowest BCUT2D eigenvalue weighted by Crippen LogP contribution is -2.12. The van der Waals surface area contributed by atoms with Gasteiger partial charge in [0, 0.05) is 32.3 Å². The van der Waals surface area contributed by atoms with Gasteiger partial charge in [0.05, 0.1) is 0 Å². The van der Waals surface area contributed by atoms with E-state index in [9.17, 15) is 0 Å². The summed E-state index contributed by atoms with van der Waals surface area (Å²) >= 11 is 0. The highest BCUT2D eigenvalue weighted by Gasteiger charge is 2.02. The van der Waals surface area contributed by atoms with E-state index in [1.165, 1.54) is 0 Å². The van der Waals surface area contributed by atoms with Crippen molar-refractivity contribution in [3.8, 4) is 12.3 Å². The first-order valence-electron chi connectivity index (χ1n) is 3.80. The number of aromatic nitrogens is 1. The van der Waals surface area contributed by atoms with Crippen LogP contribution in [-0.2, 0) is 6.42 Å². The molecule has 1 aromatic rings. The van der Waals surface area contributed by atoms with E-state index in [4.69, 9.17) is 6.42 Å². The van der Waals surface area contributed by atoms with E-state index in [1.54, 1.807) is 6.20 Å². The molecule has 0 aliphatic carbocycles. The minimum absolute atomic E-state index is 0.640. The topological polar surface area (TPSA) is 16.1 Å². The van der Waals surface area contributed by atoms with Crippen molar-refractivity contribution in [3.63, 3.8) is 0 Å². The Balaban J connectivity index is 3.02. The monoisotopic (exact) mass is 160 g/mol. The van der Waals surface area contributed by atoms with E-state index < -0.39 is 0 Å². The molecule has 1 aromatic heterocycles. The summed E-state index contributed by atoms with van der Waals surface area (Å²) < 4.78 is 0. The Bertz CT molecular complexity index is 297. The normalized spacial score (nSPS) is 9.08. The minimum Gasteiger partial charge on any atom is -0.362 e. The van der Waals surface area contributed by atoms with Gasteiger partial charge in [0.2, 0.25) is 0 Å². The van der Waals surface area contributed by atoms with E-state index in [2.05, 4.69) is 10.9 Å². The second kappa shape index (κ2) is 3.77. The summed E-state index contributed by atoms with van der Waals surface area (Å²) in [7, 11) is 3.92. The molecular formula is C10H12N2. The van der Waals surface area contributed by atoms with Gasteiger partial charge in [0.15, 0.2) is 0 Å². The summed E-state index contributed by atoms with van der Waals surface area (Å²) in [6.45, 7) is 0. The smallest absolute Gasteiger partial charge is 0.132 e. The lowest BCUT2D eigenvalue weighted by molar-refractivity contribution is 1.04. The van der Waals surface area contributed by atoms with Gasteiger partial charge < -0.3 is 4.90 Å². The Kier molecular flexibility index (Phi) is 2.71. The molecule has 0 saturated carbocycles. The van der Waals surface area contributed by atoms with Crippen LogP contribution in [0.25, 0.3) is 0 Å². The molecule has 2 heteroatoms. The minimum atomic E-state index is 0.640. The quantitative estimate of drug-likeness (QED) is 0.607. The van der Waals surface area contributed by atoms with Crippen molar-refractivity contribution in [3.05, 3.63) is 23.9 Å². The Morgan fingerprint density at radius 3 is 2.92 bits per heavy atom. The largest absolute Gasteiger partial charge is 0.362 e. The first-order chi connectivity index (χ1) is 5.75. The molecule has 0 bridgehead atoms. The van der Waals surface area contributed by atoms with Gasteiger partial charge in [0.25, 0.3) is 0 Å². The molecule has 12 heavy (non-hydrogen) atoms. The molecule has 0 aliphatic rings. The third-order valence-corrected chi connectivity index (χ3v) is 1.58. The zero-order chi connectivity index (χ0) is 8.97. The standard InChI is InChI=1S/C10H12N2/c1-4-6-9-7-5-8-11-10(9)12(2)3/h1,5,7-8H,6H2,2-3H3. The fourth-order valence-corrected chi connectivity index (χ4v) is 1.08. The molecule has 0 unspecified atom stereocenters. The summed E-state index contributed by atoms with van der Waals surface area (Å²) in [5, 5.41) is 0. The van der Waals surface area contributed by atoms with Crippen LogP contribution in [0, 0.1) is 12.3 Å². The predicted molar refractivity (Wildman–Crippen MR) is 51.1 cm³/mol. The summed E-state index contributed by atoms with van der Waals surface area (Å²) in [5.74, 6) is 3.57. The number of hydrogen-bond acceptors (Lipinski definition) is 2. The number of pyridine rings is 1. The summed E-state index contributed by atoms with van der Waals surface area (Å²) in [4.78, 5) is 6.19. The Morgan fingerprint density at radius 2 is 2.33 bits per heavy atom. The molecule has 0 spiro atoms. The van der Waals surface area contributed by atoms with Crippen molar-refractivity contribution >= 4 is 5.82 Å². The number of nitrogens with zero attached hydrogens (tertiary/aromatic N) is 2. The second-order valence-electron chi connectivity index (χ2n) is 2.76. The van der Waals surface area contributed by atoms with Crippen molar-refractivity contribution in [2.75, 3.05) is 19.0 Å². The Hall–Kier alpha value is -1.49. The SMILES string of the molecule is C#CCc1cccnc1N(C)C. The van der Waals surface area contributed by atoms with Crippen LogP contribution in [0.5, 0.6) is 0 Å². The molecule has 2 nitrogen and oxygen atoms in total. The van der Waals surface area contributed by atoms with Crippen LogP contribution in [0.1, 0.15) is 5.56 Å². The highest BCUT2D eigenvalue weighted by molar-refractivity contribution is 5.46. The maximum atomic E-state index is 5.23. The van der Waals surface area contributed by atoms with Gasteiger partial charge in [-0.15, -0.1) is 12.3 Å². The van der Waals surface area contributed by atoms with Gasteiger partial charge >= 0.3 is 0 Å². The van der Waals surface area contributed by atoms with Gasteiger partial charge in [-0.2, -0.15) is 0 Å². The van der Waals surface area contributed by atoms with Crippen LogP contribution in [0.2, 0.25) is 0 Å². The molecule has 0 fully saturated rings. The predicted octanol–water partition coefficient (Wildman–Crippen LogP) is 1.32. The van der Waals surface area contributed by atoms with Crippen LogP contribution < -0.4 is 4.90 Å². The zero-order valence-corrected chi connectivity index (χ0v) is 7.41. The van der Waals surface area contributed by atoms with Crippen LogP contribution in [0.4, 0.5) is 5.82 Å². The van der Waals surface area contributed by atoms with Gasteiger partial charge in [-0.05, 0) is 6.07 Å². The highest BCUT2D eigenvalue weighted by atomic mass is 15.1. The van der Waals surface area contributed by atoms with Crippen molar-refractivity contribution in [1.29, 1.82) is 0 Å². The third kappa shape index (κ3) is 1.76. The maximum absolute atomic E-state index is 5.23. The number of rotatable bonds is 2. The second-order valence-corrected chi connectivity index (χ2v) is 2.76. The van der Waals surface area contributed by atoms with Crippen molar-refractivity contribution < 1.29 is 0 Å². The van der Waals surface area contributed by atoms with Crippen LogP contribution in [-0.4, -0.2) is 19.1 Å². The summed E-state index contributed by atoms with van der Waals surface area (Å²) in [6.07, 6.45) is 7.65. The van der Waals surface area contributed by atoms with Crippen molar-refractivity contribution in [2.24, 2.45) is 0 Å². The number of anilines is 1. The molecule has 62 valence electrons. The lowest BCUT2D eigenvalue weighted by atomic mass is 10.2. The van der Waals surface area contributed by atoms with Crippen LogP contribution >= 0.6 is 0 Å². The number of hydrogen-bond donors (Lipinski definition) is 0. The van der Waals surface area contributed by atoms with Crippen molar-refractivity contribution in [2.45, 2.75) is 6.42 Å². The van der Waals surface area contributed by atoms with Crippen LogP contribution in [0.3, 0.4) is 0 Å². The molecule has 0 N–H and O–H groups in total. The molecule has 0 radical (unpaired) electrons. The average molecular weight is 160 g/mol. The molecular weight excluding hydrogens is 148 g/mol. The molecule has 1 rings (SSSR count). The van der Waals surface area contributed by atoms with Crippen LogP contribution in [0.15, 0.2) is 18.3 Å². The molecule has 1 heterocycles. The first kappa shape index (κ1) is 8.61. The van der Waals surface area contributed by atoms with E-state index >= 15 is 0 Å². The summed E-state index contributed by atoms with van der Waals surface area (Å²) in [6, 6.07) is 3.90. The molecule has 0 aromatic carbocycles. The van der Waals surface area contributed by atoms with E-state index in [0.717, 1.165) is 11.4 Å². The van der Waals surface area contributed by atoms with Crippen molar-refractivity contribution in [1.82, 2.24) is 4.98 Å². The summed E-state index contributed by atoms with van der Waals surface area (Å²) in [5.41, 5.74) is 1.10. The Morgan fingerprint density at radius 1 is 1.58 bits per heavy atom. The Labute approximate surface area is 73.2 Å². The zero-order valence-electron chi connectivity index (χ0n) is 7.41. The van der Waals surface area contributed by atoms with Gasteiger partial charge in [-0.3, -0.25) is 0 Å². The lowest BCUT2D eigenvalue weighted by Gasteiger charge is -2.13. The highest BCUT2D eigenvalue weighted by Crippen LogP contribution is 2.13. The third-order valence-electron chi connectivity index (χ3n) is 1.58. The number of terminal acetylenes is 1. The van der Waals surface area contributed by atoms with Gasteiger partial charge in [0.1, 0.15) is 5.82 Å². The fraction of sp³-hybridized carbons (Fsp3) is 0.300. The average Bonchev–Trinajstić information content (AvgIpc) is 2.05. The van der Waals surface area contributed by atoms with E-state index in [1.807, 2.05) is 31.1 Å². The molecule has 0 amide bonds. The van der Waals surface area contributed by atoms with E-state index in [-0.39, 0.29) is 0 Å².